The van der Waals surface area contributed by atoms with Crippen LogP contribution in [-0.4, -0.2) is 40.4 Å². The minimum Gasteiger partial charge on any atom is -0.480 e. The summed E-state index contributed by atoms with van der Waals surface area (Å²) in [6.45, 7) is -0.302. The number of anilines is 1. The van der Waals surface area contributed by atoms with Crippen molar-refractivity contribution < 1.29 is 19.5 Å². The highest BCUT2D eigenvalue weighted by Crippen LogP contribution is 2.36. The summed E-state index contributed by atoms with van der Waals surface area (Å²) < 4.78 is 0. The lowest BCUT2D eigenvalue weighted by molar-refractivity contribution is -0.146. The van der Waals surface area contributed by atoms with E-state index in [1.54, 1.807) is 12.1 Å². The molecule has 2 aliphatic rings. The summed E-state index contributed by atoms with van der Waals surface area (Å²) in [5.41, 5.74) is 1.40. The SMILES string of the molecule is O=C(O)CN(C(=O)C1CC(=O)Nc2ccccc21)C1CC1. The molecule has 2 amide bonds. The molecule has 110 valence electrons. The first-order chi connectivity index (χ1) is 10.1. The number of fused-ring (bicyclic) bond motifs is 1. The first kappa shape index (κ1) is 13.6. The predicted octanol–water partition coefficient (Wildman–Crippen LogP) is 1.19. The van der Waals surface area contributed by atoms with Crippen LogP contribution in [0.3, 0.4) is 0 Å². The number of para-hydroxylation sites is 1. The maximum atomic E-state index is 12.7. The van der Waals surface area contributed by atoms with Crippen molar-refractivity contribution in [3.63, 3.8) is 0 Å². The van der Waals surface area contributed by atoms with E-state index in [2.05, 4.69) is 5.32 Å². The van der Waals surface area contributed by atoms with Crippen LogP contribution < -0.4 is 5.32 Å². The van der Waals surface area contributed by atoms with Crippen LogP contribution in [0.4, 0.5) is 5.69 Å². The lowest BCUT2D eigenvalue weighted by Gasteiger charge is -2.30. The fourth-order valence-corrected chi connectivity index (χ4v) is 2.75. The van der Waals surface area contributed by atoms with Gasteiger partial charge < -0.3 is 15.3 Å². The highest BCUT2D eigenvalue weighted by atomic mass is 16.4. The largest absolute Gasteiger partial charge is 0.480 e. The van der Waals surface area contributed by atoms with Crippen LogP contribution in [0.15, 0.2) is 24.3 Å². The number of nitrogens with zero attached hydrogens (tertiary/aromatic N) is 1. The molecule has 0 radical (unpaired) electrons. The van der Waals surface area contributed by atoms with Gasteiger partial charge in [-0.3, -0.25) is 14.4 Å². The average molecular weight is 288 g/mol. The summed E-state index contributed by atoms with van der Waals surface area (Å²) in [5, 5.41) is 11.7. The second-order valence-electron chi connectivity index (χ2n) is 5.48. The Hall–Kier alpha value is -2.37. The van der Waals surface area contributed by atoms with Crippen molar-refractivity contribution in [3.05, 3.63) is 29.8 Å². The van der Waals surface area contributed by atoms with Crippen LogP contribution in [0.2, 0.25) is 0 Å². The second-order valence-corrected chi connectivity index (χ2v) is 5.48. The Labute approximate surface area is 121 Å². The molecule has 1 saturated carbocycles. The number of carboxylic acid groups (broad SMARTS) is 1. The zero-order chi connectivity index (χ0) is 15.0. The van der Waals surface area contributed by atoms with Crippen LogP contribution in [0, 0.1) is 0 Å². The van der Waals surface area contributed by atoms with Crippen LogP contribution >= 0.6 is 0 Å². The second kappa shape index (κ2) is 5.20. The summed E-state index contributed by atoms with van der Waals surface area (Å²) in [4.78, 5) is 36.8. The summed E-state index contributed by atoms with van der Waals surface area (Å²) in [6.07, 6.45) is 1.73. The third-order valence-corrected chi connectivity index (χ3v) is 3.87. The van der Waals surface area contributed by atoms with Gasteiger partial charge in [0.1, 0.15) is 6.54 Å². The number of carboxylic acids is 1. The first-order valence-corrected chi connectivity index (χ1v) is 6.97. The lowest BCUT2D eigenvalue weighted by atomic mass is 9.89. The number of amides is 2. The minimum atomic E-state index is -1.02. The molecule has 1 unspecified atom stereocenters. The fourth-order valence-electron chi connectivity index (χ4n) is 2.75. The molecular formula is C15H16N2O4. The Morgan fingerprint density at radius 1 is 1.29 bits per heavy atom. The number of benzene rings is 1. The molecule has 1 heterocycles. The predicted molar refractivity (Wildman–Crippen MR) is 74.8 cm³/mol. The average Bonchev–Trinajstić information content (AvgIpc) is 3.27. The van der Waals surface area contributed by atoms with Crippen molar-refractivity contribution in [1.29, 1.82) is 0 Å². The Morgan fingerprint density at radius 3 is 2.67 bits per heavy atom. The van der Waals surface area contributed by atoms with Gasteiger partial charge >= 0.3 is 5.97 Å². The first-order valence-electron chi connectivity index (χ1n) is 6.97. The van der Waals surface area contributed by atoms with Crippen LogP contribution in [0.1, 0.15) is 30.7 Å². The Bertz CT molecular complexity index is 609. The minimum absolute atomic E-state index is 0.00532. The van der Waals surface area contributed by atoms with Crippen molar-refractivity contribution in [1.82, 2.24) is 4.90 Å². The van der Waals surface area contributed by atoms with Gasteiger partial charge in [0, 0.05) is 18.2 Å². The third-order valence-electron chi connectivity index (χ3n) is 3.87. The standard InChI is InChI=1S/C15H16N2O4/c18-13-7-11(10-3-1-2-4-12(10)16-13)15(21)17(8-14(19)20)9-5-6-9/h1-4,9,11H,5-8H2,(H,16,18)(H,19,20). The molecule has 1 aromatic rings. The number of aliphatic carboxylic acids is 1. The summed E-state index contributed by atoms with van der Waals surface area (Å²) in [7, 11) is 0. The topological polar surface area (TPSA) is 86.7 Å². The van der Waals surface area contributed by atoms with Crippen molar-refractivity contribution in [3.8, 4) is 0 Å². The molecule has 21 heavy (non-hydrogen) atoms. The number of hydrogen-bond acceptors (Lipinski definition) is 3. The Morgan fingerprint density at radius 2 is 2.00 bits per heavy atom. The van der Waals surface area contributed by atoms with Crippen LogP contribution in [0.5, 0.6) is 0 Å². The lowest BCUT2D eigenvalue weighted by Crippen LogP contribution is -2.42. The van der Waals surface area contributed by atoms with Crippen molar-refractivity contribution in [2.24, 2.45) is 0 Å². The molecule has 0 saturated heterocycles. The van der Waals surface area contributed by atoms with E-state index >= 15 is 0 Å². The van der Waals surface area contributed by atoms with Gasteiger partial charge in [-0.15, -0.1) is 0 Å². The van der Waals surface area contributed by atoms with E-state index in [1.165, 1.54) is 4.90 Å². The molecule has 1 aromatic carbocycles. The van der Waals surface area contributed by atoms with Crippen molar-refractivity contribution in [2.75, 3.05) is 11.9 Å². The third kappa shape index (κ3) is 2.74. The number of rotatable bonds is 4. The molecule has 1 aliphatic carbocycles. The van der Waals surface area contributed by atoms with E-state index in [0.29, 0.717) is 5.69 Å². The molecule has 6 heteroatoms. The Balaban J connectivity index is 1.89. The smallest absolute Gasteiger partial charge is 0.323 e. The number of nitrogens with one attached hydrogen (secondary N) is 1. The van der Waals surface area contributed by atoms with Gasteiger partial charge in [0.15, 0.2) is 0 Å². The van der Waals surface area contributed by atoms with Gasteiger partial charge in [0.05, 0.1) is 5.92 Å². The highest BCUT2D eigenvalue weighted by molar-refractivity contribution is 6.01. The molecule has 2 N–H and O–H groups in total. The van der Waals surface area contributed by atoms with Gasteiger partial charge in [-0.05, 0) is 24.5 Å². The maximum absolute atomic E-state index is 12.7. The van der Waals surface area contributed by atoms with E-state index in [4.69, 9.17) is 5.11 Å². The summed E-state index contributed by atoms with van der Waals surface area (Å²) in [6, 6.07) is 7.18. The number of carbonyl (C=O) groups excluding carboxylic acids is 2. The Kier molecular flexibility index (Phi) is 3.37. The maximum Gasteiger partial charge on any atom is 0.323 e. The molecule has 3 rings (SSSR count). The molecule has 1 atom stereocenters. The zero-order valence-corrected chi connectivity index (χ0v) is 11.4. The zero-order valence-electron chi connectivity index (χ0n) is 11.4. The van der Waals surface area contributed by atoms with Gasteiger partial charge in [-0.25, -0.2) is 0 Å². The molecule has 0 spiro atoms. The van der Waals surface area contributed by atoms with Crippen molar-refractivity contribution in [2.45, 2.75) is 31.2 Å². The van der Waals surface area contributed by atoms with E-state index in [-0.39, 0.29) is 30.8 Å². The molecule has 0 aromatic heterocycles. The van der Waals surface area contributed by atoms with Crippen LogP contribution in [-0.2, 0) is 14.4 Å². The molecule has 0 bridgehead atoms. The normalized spacial score (nSPS) is 20.4. The fraction of sp³-hybridized carbons (Fsp3) is 0.400. The van der Waals surface area contributed by atoms with Crippen molar-refractivity contribution >= 4 is 23.5 Å². The van der Waals surface area contributed by atoms with Gasteiger partial charge in [-0.2, -0.15) is 0 Å². The van der Waals surface area contributed by atoms with E-state index in [1.807, 2.05) is 12.1 Å². The van der Waals surface area contributed by atoms with E-state index < -0.39 is 11.9 Å². The number of hydrogen-bond donors (Lipinski definition) is 2. The van der Waals surface area contributed by atoms with Gasteiger partial charge in [0.25, 0.3) is 0 Å². The molecule has 6 nitrogen and oxygen atoms in total. The number of carbonyl (C=O) groups is 3. The highest BCUT2D eigenvalue weighted by Gasteiger charge is 2.40. The molecule has 1 aliphatic heterocycles. The summed E-state index contributed by atoms with van der Waals surface area (Å²) in [5.74, 6) is -2.08. The molecular weight excluding hydrogens is 272 g/mol. The monoisotopic (exact) mass is 288 g/mol. The summed E-state index contributed by atoms with van der Waals surface area (Å²) >= 11 is 0. The molecule has 1 fully saturated rings. The van der Waals surface area contributed by atoms with Crippen LogP contribution in [0.25, 0.3) is 0 Å². The van der Waals surface area contributed by atoms with E-state index in [0.717, 1.165) is 18.4 Å². The van der Waals surface area contributed by atoms with E-state index in [9.17, 15) is 14.4 Å². The van der Waals surface area contributed by atoms with Gasteiger partial charge in [0.2, 0.25) is 11.8 Å². The quantitative estimate of drug-likeness (QED) is 0.871. The van der Waals surface area contributed by atoms with Gasteiger partial charge in [-0.1, -0.05) is 18.2 Å².